The number of non-ortho nitro benzene ring substituents is 1. The van der Waals surface area contributed by atoms with E-state index in [0.29, 0.717) is 12.1 Å². The molecule has 10 heteroatoms. The highest BCUT2D eigenvalue weighted by molar-refractivity contribution is 5.84. The molecule has 3 aromatic carbocycles. The van der Waals surface area contributed by atoms with Gasteiger partial charge in [0.1, 0.15) is 0 Å². The predicted octanol–water partition coefficient (Wildman–Crippen LogP) is 5.71. The van der Waals surface area contributed by atoms with Crippen LogP contribution in [-0.2, 0) is 19.7 Å². The number of methoxy groups -OCH3 is 1. The molecule has 2 heterocycles. The molecule has 0 bridgehead atoms. The van der Waals surface area contributed by atoms with E-state index in [4.69, 9.17) is 4.74 Å². The summed E-state index contributed by atoms with van der Waals surface area (Å²) in [6.07, 6.45) is 1.87. The first-order chi connectivity index (χ1) is 22.5. The van der Waals surface area contributed by atoms with Crippen LogP contribution in [0.25, 0.3) is 0 Å². The Balaban J connectivity index is 1.53. The molecule has 0 radical (unpaired) electrons. The summed E-state index contributed by atoms with van der Waals surface area (Å²) in [5.74, 6) is -3.36. The van der Waals surface area contributed by atoms with Crippen molar-refractivity contribution < 1.29 is 29.5 Å². The first-order valence-corrected chi connectivity index (χ1v) is 16.3. The van der Waals surface area contributed by atoms with Crippen LogP contribution < -0.4 is 5.32 Å². The summed E-state index contributed by atoms with van der Waals surface area (Å²) in [6.45, 7) is 5.52. The van der Waals surface area contributed by atoms with Gasteiger partial charge in [0.15, 0.2) is 0 Å². The second-order valence-corrected chi connectivity index (χ2v) is 13.2. The molecule has 5 rings (SSSR count). The van der Waals surface area contributed by atoms with Crippen LogP contribution in [0.2, 0.25) is 0 Å². The minimum absolute atomic E-state index is 0.0303. The Kier molecular flexibility index (Phi) is 10.1. The van der Waals surface area contributed by atoms with Crippen molar-refractivity contribution >= 4 is 17.6 Å². The summed E-state index contributed by atoms with van der Waals surface area (Å²) in [4.78, 5) is 40.7. The van der Waals surface area contributed by atoms with Gasteiger partial charge in [-0.15, -0.1) is 0 Å². The molecule has 0 spiro atoms. The Labute approximate surface area is 275 Å². The van der Waals surface area contributed by atoms with E-state index in [-0.39, 0.29) is 30.6 Å². The number of hydrogen-bond acceptors (Lipinski definition) is 7. The van der Waals surface area contributed by atoms with Crippen molar-refractivity contribution in [3.8, 4) is 0 Å². The van der Waals surface area contributed by atoms with E-state index >= 15 is 0 Å². The molecule has 2 aliphatic rings. The Morgan fingerprint density at radius 1 is 0.872 bits per heavy atom. The third-order valence-electron chi connectivity index (χ3n) is 11.2. The van der Waals surface area contributed by atoms with Crippen LogP contribution in [-0.4, -0.2) is 77.4 Å². The van der Waals surface area contributed by atoms with Gasteiger partial charge in [0.05, 0.1) is 15.8 Å². The van der Waals surface area contributed by atoms with Crippen LogP contribution in [0, 0.1) is 20.9 Å². The zero-order chi connectivity index (χ0) is 33.8. The van der Waals surface area contributed by atoms with Gasteiger partial charge < -0.3 is 25.2 Å². The zero-order valence-corrected chi connectivity index (χ0v) is 27.3. The number of carboxylic acids is 2. The predicted molar refractivity (Wildman–Crippen MR) is 178 cm³/mol. The van der Waals surface area contributed by atoms with Crippen molar-refractivity contribution in [2.45, 2.75) is 62.9 Å². The van der Waals surface area contributed by atoms with E-state index in [9.17, 15) is 29.9 Å². The lowest BCUT2D eigenvalue weighted by Crippen LogP contribution is -2.70. The van der Waals surface area contributed by atoms with Crippen molar-refractivity contribution in [2.24, 2.45) is 10.8 Å². The van der Waals surface area contributed by atoms with E-state index in [0.717, 1.165) is 25.9 Å². The number of nitrogens with one attached hydrogen (secondary N) is 1. The lowest BCUT2D eigenvalue weighted by Gasteiger charge is -2.57. The standard InChI is InChI=1S/C37H45N3O7/c1-26-36(33(41)42,19-23-39-21-17-35(18-22-39,29-12-6-4-7-13-29)30-14-8-5-9-15-30)32(28-11-10-16-31(25-28)40(45)46)37(34(43)44,20-24-47-3)27(2)38-26/h4-16,25-27,32,38H,17-24H2,1-3H3,(H,41,42)(H,43,44). The molecular formula is C37H45N3O7. The van der Waals surface area contributed by atoms with E-state index in [1.807, 2.05) is 12.1 Å². The summed E-state index contributed by atoms with van der Waals surface area (Å²) >= 11 is 0. The minimum Gasteiger partial charge on any atom is -0.481 e. The molecule has 5 unspecified atom stereocenters. The molecule has 0 amide bonds. The summed E-state index contributed by atoms with van der Waals surface area (Å²) in [6, 6.07) is 25.6. The van der Waals surface area contributed by atoms with Crippen LogP contribution in [0.3, 0.4) is 0 Å². The smallest absolute Gasteiger partial charge is 0.311 e. The van der Waals surface area contributed by atoms with Gasteiger partial charge >= 0.3 is 11.9 Å². The third kappa shape index (κ3) is 6.06. The van der Waals surface area contributed by atoms with E-state index in [1.54, 1.807) is 19.9 Å². The SMILES string of the molecule is COCCC1(C(=O)O)C(C)NC(C)C(CCN2CCC(c3ccccc3)(c3ccccc3)CC2)(C(=O)O)C1c1cccc([N+](=O)[O-])c1. The molecule has 0 saturated carbocycles. The Hall–Kier alpha value is -4.12. The van der Waals surface area contributed by atoms with Crippen LogP contribution >= 0.6 is 0 Å². The number of ether oxygens (including phenoxy) is 1. The number of nitro groups is 1. The summed E-state index contributed by atoms with van der Waals surface area (Å²) in [5.41, 5.74) is -0.756. The number of carboxylic acid groups (broad SMARTS) is 2. The molecule has 2 fully saturated rings. The number of rotatable bonds is 12. The number of hydrogen-bond donors (Lipinski definition) is 3. The molecule has 47 heavy (non-hydrogen) atoms. The molecular weight excluding hydrogens is 598 g/mol. The number of nitro benzene ring substituents is 1. The van der Waals surface area contributed by atoms with Crippen molar-refractivity contribution in [3.63, 3.8) is 0 Å². The summed E-state index contributed by atoms with van der Waals surface area (Å²) in [5, 5.41) is 37.3. The van der Waals surface area contributed by atoms with Crippen LogP contribution in [0.15, 0.2) is 84.9 Å². The van der Waals surface area contributed by atoms with Crippen LogP contribution in [0.1, 0.15) is 62.1 Å². The lowest BCUT2D eigenvalue weighted by atomic mass is 9.49. The molecule has 2 aliphatic heterocycles. The largest absolute Gasteiger partial charge is 0.481 e. The van der Waals surface area contributed by atoms with E-state index in [2.05, 4.69) is 58.7 Å². The highest BCUT2D eigenvalue weighted by atomic mass is 16.6. The lowest BCUT2D eigenvalue weighted by molar-refractivity contribution is -0.385. The molecule has 10 nitrogen and oxygen atoms in total. The van der Waals surface area contributed by atoms with Crippen molar-refractivity contribution in [1.82, 2.24) is 10.2 Å². The Bertz CT molecular complexity index is 1520. The van der Waals surface area contributed by atoms with Gasteiger partial charge in [0.25, 0.3) is 5.69 Å². The minimum atomic E-state index is -1.62. The topological polar surface area (TPSA) is 142 Å². The second-order valence-electron chi connectivity index (χ2n) is 13.2. The molecule has 0 aliphatic carbocycles. The van der Waals surface area contributed by atoms with Crippen LogP contribution in [0.5, 0.6) is 0 Å². The first-order valence-electron chi connectivity index (χ1n) is 16.3. The average Bonchev–Trinajstić information content (AvgIpc) is 3.08. The number of aliphatic carboxylic acids is 2. The number of piperidine rings is 2. The van der Waals surface area contributed by atoms with Gasteiger partial charge in [0.2, 0.25) is 0 Å². The molecule has 3 N–H and O–H groups in total. The van der Waals surface area contributed by atoms with Gasteiger partial charge in [-0.3, -0.25) is 19.7 Å². The molecule has 2 saturated heterocycles. The fraction of sp³-hybridized carbons (Fsp3) is 0.459. The number of benzene rings is 3. The molecule has 250 valence electrons. The van der Waals surface area contributed by atoms with Gasteiger partial charge in [0, 0.05) is 49.3 Å². The van der Waals surface area contributed by atoms with E-state index < -0.39 is 45.7 Å². The van der Waals surface area contributed by atoms with Gasteiger partial charge in [-0.2, -0.15) is 0 Å². The van der Waals surface area contributed by atoms with Gasteiger partial charge in [-0.25, -0.2) is 0 Å². The van der Waals surface area contributed by atoms with Crippen molar-refractivity contribution in [2.75, 3.05) is 33.4 Å². The maximum Gasteiger partial charge on any atom is 0.311 e. The Morgan fingerprint density at radius 3 is 1.89 bits per heavy atom. The Morgan fingerprint density at radius 2 is 1.40 bits per heavy atom. The normalized spacial score (nSPS) is 27.6. The fourth-order valence-corrected chi connectivity index (χ4v) is 8.63. The first kappa shape index (κ1) is 34.2. The monoisotopic (exact) mass is 643 g/mol. The maximum absolute atomic E-state index is 13.7. The third-order valence-corrected chi connectivity index (χ3v) is 11.2. The van der Waals surface area contributed by atoms with Crippen molar-refractivity contribution in [3.05, 3.63) is 112 Å². The number of likely N-dealkylation sites (tertiary alicyclic amines) is 1. The number of nitrogens with zero attached hydrogens (tertiary/aromatic N) is 2. The maximum atomic E-state index is 13.7. The number of carbonyl (C=O) groups is 2. The fourth-order valence-electron chi connectivity index (χ4n) is 8.63. The molecule has 3 aromatic rings. The van der Waals surface area contributed by atoms with Gasteiger partial charge in [-0.1, -0.05) is 72.8 Å². The molecule has 5 atom stereocenters. The summed E-state index contributed by atoms with van der Waals surface area (Å²) in [7, 11) is 1.48. The second kappa shape index (κ2) is 13.9. The van der Waals surface area contributed by atoms with Crippen molar-refractivity contribution in [1.29, 1.82) is 0 Å². The average molecular weight is 644 g/mol. The van der Waals surface area contributed by atoms with Crippen LogP contribution in [0.4, 0.5) is 5.69 Å². The highest BCUT2D eigenvalue weighted by Gasteiger charge is 2.66. The summed E-state index contributed by atoms with van der Waals surface area (Å²) < 4.78 is 5.36. The quantitative estimate of drug-likeness (QED) is 0.167. The van der Waals surface area contributed by atoms with E-state index in [1.165, 1.54) is 36.4 Å². The molecule has 0 aromatic heterocycles. The zero-order valence-electron chi connectivity index (χ0n) is 27.3. The highest BCUT2D eigenvalue weighted by Crippen LogP contribution is 2.59. The van der Waals surface area contributed by atoms with Gasteiger partial charge in [-0.05, 0) is 75.9 Å².